The largest absolute Gasteiger partial charge is 0.493 e. The molecule has 1 saturated heterocycles. The third-order valence-corrected chi connectivity index (χ3v) is 5.48. The van der Waals surface area contributed by atoms with Crippen molar-refractivity contribution >= 4 is 46.5 Å². The highest BCUT2D eigenvalue weighted by Gasteiger charge is 2.34. The van der Waals surface area contributed by atoms with E-state index in [2.05, 4.69) is 5.32 Å². The molecule has 0 unspecified atom stereocenters. The van der Waals surface area contributed by atoms with Crippen LogP contribution in [0.15, 0.2) is 47.4 Å². The van der Waals surface area contributed by atoms with Crippen LogP contribution in [0.1, 0.15) is 15.9 Å². The Bertz CT molecular complexity index is 1010. The van der Waals surface area contributed by atoms with Crippen LogP contribution in [0.3, 0.4) is 0 Å². The lowest BCUT2D eigenvalue weighted by Gasteiger charge is -2.14. The second kappa shape index (κ2) is 9.69. The first kappa shape index (κ1) is 21.7. The summed E-state index contributed by atoms with van der Waals surface area (Å²) in [7, 11) is 2.89. The first-order valence-electron chi connectivity index (χ1n) is 8.94. The molecule has 156 valence electrons. The van der Waals surface area contributed by atoms with E-state index in [1.807, 2.05) is 30.3 Å². The zero-order valence-corrected chi connectivity index (χ0v) is 17.9. The summed E-state index contributed by atoms with van der Waals surface area (Å²) in [6.07, 6.45) is 1.68. The van der Waals surface area contributed by atoms with Gasteiger partial charge >= 0.3 is 0 Å². The second-order valence-corrected chi connectivity index (χ2v) is 7.59. The van der Waals surface area contributed by atoms with Crippen molar-refractivity contribution in [1.29, 1.82) is 0 Å². The number of hydrogen-bond donors (Lipinski definition) is 1. The van der Waals surface area contributed by atoms with Crippen molar-refractivity contribution in [3.05, 3.63) is 63.5 Å². The summed E-state index contributed by atoms with van der Waals surface area (Å²) in [6.45, 7) is 0.158. The predicted octanol–water partition coefficient (Wildman–Crippen LogP) is 3.82. The zero-order valence-electron chi connectivity index (χ0n) is 16.3. The third kappa shape index (κ3) is 4.77. The van der Waals surface area contributed by atoms with Crippen LogP contribution in [0.4, 0.5) is 4.79 Å². The molecule has 0 spiro atoms. The smallest absolute Gasteiger partial charge is 0.293 e. The highest BCUT2D eigenvalue weighted by atomic mass is 35.5. The van der Waals surface area contributed by atoms with E-state index in [4.69, 9.17) is 21.1 Å². The molecule has 0 atom stereocenters. The van der Waals surface area contributed by atoms with Crippen molar-refractivity contribution in [2.24, 2.45) is 0 Å². The number of imide groups is 1. The van der Waals surface area contributed by atoms with Crippen LogP contribution in [-0.2, 0) is 4.79 Å². The highest BCUT2D eigenvalue weighted by Crippen LogP contribution is 2.36. The summed E-state index contributed by atoms with van der Waals surface area (Å²) in [6, 6.07) is 12.2. The highest BCUT2D eigenvalue weighted by molar-refractivity contribution is 8.18. The maximum absolute atomic E-state index is 12.5. The maximum Gasteiger partial charge on any atom is 0.293 e. The maximum atomic E-state index is 12.5. The Morgan fingerprint density at radius 1 is 1.17 bits per heavy atom. The van der Waals surface area contributed by atoms with Crippen LogP contribution in [0.25, 0.3) is 6.08 Å². The molecule has 1 aliphatic heterocycles. The Morgan fingerprint density at radius 3 is 2.57 bits per heavy atom. The van der Waals surface area contributed by atoms with Gasteiger partial charge in [-0.2, -0.15) is 0 Å². The molecule has 2 aromatic carbocycles. The van der Waals surface area contributed by atoms with Crippen molar-refractivity contribution in [3.63, 3.8) is 0 Å². The van der Waals surface area contributed by atoms with Crippen LogP contribution < -0.4 is 14.8 Å². The molecular formula is C21H19ClN2O5S. The SMILES string of the molecule is COc1cc(C(=O)NCCN2C(=O)S/C(=C/c3ccccc3)C2=O)cc(Cl)c1OC. The molecule has 0 radical (unpaired) electrons. The lowest BCUT2D eigenvalue weighted by atomic mass is 10.2. The normalized spacial score (nSPS) is 14.9. The van der Waals surface area contributed by atoms with Crippen LogP contribution in [-0.4, -0.2) is 49.3 Å². The van der Waals surface area contributed by atoms with Gasteiger partial charge < -0.3 is 14.8 Å². The molecule has 0 saturated carbocycles. The molecule has 30 heavy (non-hydrogen) atoms. The number of benzene rings is 2. The summed E-state index contributed by atoms with van der Waals surface area (Å²) in [4.78, 5) is 38.6. The van der Waals surface area contributed by atoms with Gasteiger partial charge in [0, 0.05) is 18.7 Å². The Hall–Kier alpha value is -2.97. The molecule has 3 amide bonds. The van der Waals surface area contributed by atoms with Crippen molar-refractivity contribution in [3.8, 4) is 11.5 Å². The van der Waals surface area contributed by atoms with Gasteiger partial charge in [-0.15, -0.1) is 0 Å². The average molecular weight is 447 g/mol. The van der Waals surface area contributed by atoms with Crippen molar-refractivity contribution < 1.29 is 23.9 Å². The zero-order chi connectivity index (χ0) is 21.7. The van der Waals surface area contributed by atoms with E-state index in [-0.39, 0.29) is 34.8 Å². The van der Waals surface area contributed by atoms with Gasteiger partial charge in [-0.3, -0.25) is 19.3 Å². The van der Waals surface area contributed by atoms with Gasteiger partial charge in [-0.05, 0) is 35.5 Å². The number of hydrogen-bond acceptors (Lipinski definition) is 6. The fourth-order valence-corrected chi connectivity index (χ4v) is 3.98. The Labute approximate surface area is 183 Å². The monoisotopic (exact) mass is 446 g/mol. The number of rotatable bonds is 7. The van der Waals surface area contributed by atoms with Gasteiger partial charge in [-0.25, -0.2) is 0 Å². The number of methoxy groups -OCH3 is 2. The summed E-state index contributed by atoms with van der Waals surface area (Å²) in [5.41, 5.74) is 1.11. The molecule has 1 fully saturated rings. The molecule has 1 aliphatic rings. The van der Waals surface area contributed by atoms with Gasteiger partial charge in [0.15, 0.2) is 11.5 Å². The topological polar surface area (TPSA) is 84.9 Å². The standard InChI is InChI=1S/C21H19ClN2O5S/c1-28-16-12-14(11-15(22)18(16)29-2)19(25)23-8-9-24-20(26)17(30-21(24)27)10-13-6-4-3-5-7-13/h3-7,10-12H,8-9H2,1-2H3,(H,23,25)/b17-10+. The van der Waals surface area contributed by atoms with E-state index in [0.29, 0.717) is 16.4 Å². The van der Waals surface area contributed by atoms with Crippen LogP contribution in [0.2, 0.25) is 5.02 Å². The molecular weight excluding hydrogens is 428 g/mol. The van der Waals surface area contributed by atoms with E-state index >= 15 is 0 Å². The van der Waals surface area contributed by atoms with E-state index in [9.17, 15) is 14.4 Å². The van der Waals surface area contributed by atoms with Crippen molar-refractivity contribution in [1.82, 2.24) is 10.2 Å². The van der Waals surface area contributed by atoms with Crippen LogP contribution in [0.5, 0.6) is 11.5 Å². The summed E-state index contributed by atoms with van der Waals surface area (Å²) >= 11 is 7.01. The van der Waals surface area contributed by atoms with Crippen LogP contribution >= 0.6 is 23.4 Å². The quantitative estimate of drug-likeness (QED) is 0.651. The Balaban J connectivity index is 1.62. The first-order chi connectivity index (χ1) is 14.4. The minimum atomic E-state index is -0.412. The van der Waals surface area contributed by atoms with Gasteiger partial charge in [0.1, 0.15) is 0 Å². The lowest BCUT2D eigenvalue weighted by molar-refractivity contribution is -0.122. The Morgan fingerprint density at radius 2 is 1.90 bits per heavy atom. The minimum Gasteiger partial charge on any atom is -0.493 e. The van der Waals surface area contributed by atoms with E-state index in [1.165, 1.54) is 26.4 Å². The molecule has 0 aliphatic carbocycles. The summed E-state index contributed by atoms with van der Waals surface area (Å²) < 4.78 is 10.3. The molecule has 1 N–H and O–H groups in total. The number of thioether (sulfide) groups is 1. The number of amides is 3. The molecule has 7 nitrogen and oxygen atoms in total. The molecule has 0 bridgehead atoms. The van der Waals surface area contributed by atoms with Crippen LogP contribution in [0, 0.1) is 0 Å². The van der Waals surface area contributed by atoms with Crippen molar-refractivity contribution in [2.75, 3.05) is 27.3 Å². The average Bonchev–Trinajstić information content (AvgIpc) is 3.01. The minimum absolute atomic E-state index is 0.0591. The van der Waals surface area contributed by atoms with Gasteiger partial charge in [0.25, 0.3) is 17.1 Å². The fourth-order valence-electron chi connectivity index (χ4n) is 2.83. The number of nitrogens with one attached hydrogen (secondary N) is 1. The number of nitrogens with zero attached hydrogens (tertiary/aromatic N) is 1. The van der Waals surface area contributed by atoms with Gasteiger partial charge in [0.05, 0.1) is 24.1 Å². The third-order valence-electron chi connectivity index (χ3n) is 4.29. The lowest BCUT2D eigenvalue weighted by Crippen LogP contribution is -2.37. The summed E-state index contributed by atoms with van der Waals surface area (Å²) in [5, 5.41) is 2.54. The predicted molar refractivity (Wildman–Crippen MR) is 116 cm³/mol. The number of halogens is 1. The fraction of sp³-hybridized carbons (Fsp3) is 0.190. The Kier molecular flexibility index (Phi) is 7.02. The molecule has 0 aromatic heterocycles. The second-order valence-electron chi connectivity index (χ2n) is 6.19. The number of carbonyl (C=O) groups excluding carboxylic acids is 3. The molecule has 9 heteroatoms. The number of carbonyl (C=O) groups is 3. The number of ether oxygens (including phenoxy) is 2. The molecule has 3 rings (SSSR count). The van der Waals surface area contributed by atoms with E-state index in [0.717, 1.165) is 22.2 Å². The first-order valence-corrected chi connectivity index (χ1v) is 10.1. The van der Waals surface area contributed by atoms with Crippen molar-refractivity contribution in [2.45, 2.75) is 0 Å². The van der Waals surface area contributed by atoms with Gasteiger partial charge in [0.2, 0.25) is 0 Å². The van der Waals surface area contributed by atoms with E-state index < -0.39 is 5.91 Å². The molecule has 2 aromatic rings. The molecule has 1 heterocycles. The van der Waals surface area contributed by atoms with Gasteiger partial charge in [-0.1, -0.05) is 41.9 Å². The summed E-state index contributed by atoms with van der Waals surface area (Å²) in [5.74, 6) is -0.132. The van der Waals surface area contributed by atoms with E-state index in [1.54, 1.807) is 6.08 Å².